The Bertz CT molecular complexity index is 374. The highest BCUT2D eigenvalue weighted by Gasteiger charge is 2.21. The van der Waals surface area contributed by atoms with Crippen molar-refractivity contribution in [1.82, 2.24) is 0 Å². The van der Waals surface area contributed by atoms with Crippen molar-refractivity contribution in [2.45, 2.75) is 19.6 Å². The predicted molar refractivity (Wildman–Crippen MR) is 62.3 cm³/mol. The van der Waals surface area contributed by atoms with Crippen LogP contribution in [0.2, 0.25) is 19.6 Å². The van der Waals surface area contributed by atoms with Gasteiger partial charge in [-0.3, -0.25) is 0 Å². The van der Waals surface area contributed by atoms with Crippen LogP contribution in [0.1, 0.15) is 11.1 Å². The molecule has 0 bridgehead atoms. The lowest BCUT2D eigenvalue weighted by Crippen LogP contribution is -2.24. The molecule has 1 radical (unpaired) electrons. The van der Waals surface area contributed by atoms with Crippen LogP contribution in [0.4, 0.5) is 0 Å². The average Bonchev–Trinajstić information content (AvgIpc) is 2.42. The molecule has 0 unspecified atom stereocenters. The fraction of sp³-hybridized carbons (Fsp3) is 0.250. The van der Waals surface area contributed by atoms with E-state index in [2.05, 4.69) is 56.4 Å². The molecular weight excluding hydrogens is 188 g/mol. The number of allylic oxidation sites excluding steroid dienone is 1. The second-order valence-electron chi connectivity index (χ2n) is 4.53. The van der Waals surface area contributed by atoms with Crippen molar-refractivity contribution in [2.24, 2.45) is 0 Å². The standard InChI is InChI=1S/C12H15OSi/c1-14(2,3)13-12-8-10-6-4-5-7-11(10)9-12/h4-9H,1-3H3. The van der Waals surface area contributed by atoms with E-state index in [0.29, 0.717) is 0 Å². The molecule has 1 aliphatic carbocycles. The lowest BCUT2D eigenvalue weighted by atomic mass is 10.1. The van der Waals surface area contributed by atoms with Crippen LogP contribution in [0.3, 0.4) is 0 Å². The van der Waals surface area contributed by atoms with Crippen LogP contribution in [0.15, 0.2) is 30.0 Å². The molecule has 14 heavy (non-hydrogen) atoms. The average molecular weight is 203 g/mol. The maximum Gasteiger partial charge on any atom is 0.241 e. The Morgan fingerprint density at radius 3 is 2.21 bits per heavy atom. The maximum atomic E-state index is 5.93. The molecule has 1 aromatic carbocycles. The minimum Gasteiger partial charge on any atom is -0.547 e. The molecule has 0 fully saturated rings. The first-order chi connectivity index (χ1) is 6.54. The third-order valence-electron chi connectivity index (χ3n) is 2.02. The number of hydrogen-bond acceptors (Lipinski definition) is 1. The lowest BCUT2D eigenvalue weighted by molar-refractivity contribution is 0.440. The molecule has 0 spiro atoms. The van der Waals surface area contributed by atoms with E-state index in [4.69, 9.17) is 4.43 Å². The van der Waals surface area contributed by atoms with Gasteiger partial charge in [0.25, 0.3) is 0 Å². The van der Waals surface area contributed by atoms with Gasteiger partial charge < -0.3 is 4.43 Å². The van der Waals surface area contributed by atoms with Gasteiger partial charge in [0, 0.05) is 0 Å². The fourth-order valence-electron chi connectivity index (χ4n) is 1.53. The van der Waals surface area contributed by atoms with Gasteiger partial charge in [-0.05, 0) is 36.8 Å². The van der Waals surface area contributed by atoms with Crippen molar-refractivity contribution >= 4 is 14.4 Å². The number of hydrogen-bond donors (Lipinski definition) is 0. The molecule has 1 nitrogen and oxygen atoms in total. The minimum atomic E-state index is -1.46. The monoisotopic (exact) mass is 203 g/mol. The van der Waals surface area contributed by atoms with E-state index in [1.807, 2.05) is 0 Å². The zero-order valence-electron chi connectivity index (χ0n) is 8.87. The van der Waals surface area contributed by atoms with E-state index in [9.17, 15) is 0 Å². The van der Waals surface area contributed by atoms with Gasteiger partial charge in [0.1, 0.15) is 0 Å². The summed E-state index contributed by atoms with van der Waals surface area (Å²) in [7, 11) is -1.46. The summed E-state index contributed by atoms with van der Waals surface area (Å²) in [6.07, 6.45) is 4.24. The molecular formula is C12H15OSi. The summed E-state index contributed by atoms with van der Waals surface area (Å²) in [5.74, 6) is 1.02. The van der Waals surface area contributed by atoms with E-state index in [1.165, 1.54) is 11.1 Å². The summed E-state index contributed by atoms with van der Waals surface area (Å²) >= 11 is 0. The Kier molecular flexibility index (Phi) is 2.23. The van der Waals surface area contributed by atoms with Crippen LogP contribution in [-0.4, -0.2) is 8.32 Å². The Morgan fingerprint density at radius 2 is 1.64 bits per heavy atom. The predicted octanol–water partition coefficient (Wildman–Crippen LogP) is 3.44. The van der Waals surface area contributed by atoms with Gasteiger partial charge in [-0.2, -0.15) is 0 Å². The Morgan fingerprint density at radius 1 is 1.00 bits per heavy atom. The highest BCUT2D eigenvalue weighted by molar-refractivity contribution is 6.70. The Hall–Kier alpha value is -1.02. The summed E-state index contributed by atoms with van der Waals surface area (Å²) < 4.78 is 5.93. The quantitative estimate of drug-likeness (QED) is 0.669. The summed E-state index contributed by atoms with van der Waals surface area (Å²) in [4.78, 5) is 0. The van der Waals surface area contributed by atoms with Crippen LogP contribution >= 0.6 is 0 Å². The molecule has 1 aliphatic rings. The van der Waals surface area contributed by atoms with Crippen LogP contribution in [-0.2, 0) is 4.43 Å². The SMILES string of the molecule is C[Si](C)(C)OC1=Cc2ccccc2[CH]1. The summed E-state index contributed by atoms with van der Waals surface area (Å²) in [5, 5.41) is 0. The Labute approximate surface area is 86.5 Å². The van der Waals surface area contributed by atoms with Crippen molar-refractivity contribution in [3.63, 3.8) is 0 Å². The van der Waals surface area contributed by atoms with E-state index in [0.717, 1.165) is 5.76 Å². The summed E-state index contributed by atoms with van der Waals surface area (Å²) in [6.45, 7) is 6.60. The highest BCUT2D eigenvalue weighted by Crippen LogP contribution is 2.28. The first-order valence-electron chi connectivity index (χ1n) is 4.89. The normalized spacial score (nSPS) is 14.9. The smallest absolute Gasteiger partial charge is 0.241 e. The minimum absolute atomic E-state index is 1.02. The number of fused-ring (bicyclic) bond motifs is 1. The molecule has 73 valence electrons. The van der Waals surface area contributed by atoms with Gasteiger partial charge >= 0.3 is 0 Å². The number of benzene rings is 1. The molecule has 0 aromatic heterocycles. The van der Waals surface area contributed by atoms with Gasteiger partial charge in [-0.15, -0.1) is 0 Å². The van der Waals surface area contributed by atoms with E-state index < -0.39 is 8.32 Å². The van der Waals surface area contributed by atoms with Crippen LogP contribution in [0.5, 0.6) is 0 Å². The van der Waals surface area contributed by atoms with Crippen molar-refractivity contribution in [3.05, 3.63) is 47.6 Å². The highest BCUT2D eigenvalue weighted by atomic mass is 28.4. The molecule has 0 heterocycles. The molecule has 0 saturated carbocycles. The van der Waals surface area contributed by atoms with Crippen molar-refractivity contribution in [1.29, 1.82) is 0 Å². The van der Waals surface area contributed by atoms with Crippen LogP contribution < -0.4 is 0 Å². The van der Waals surface area contributed by atoms with Crippen molar-refractivity contribution in [3.8, 4) is 0 Å². The second kappa shape index (κ2) is 3.28. The molecule has 0 amide bonds. The summed E-state index contributed by atoms with van der Waals surface area (Å²) in [5.41, 5.74) is 2.53. The first kappa shape index (κ1) is 9.53. The largest absolute Gasteiger partial charge is 0.547 e. The van der Waals surface area contributed by atoms with Crippen molar-refractivity contribution < 1.29 is 4.43 Å². The third kappa shape index (κ3) is 2.07. The molecule has 2 rings (SSSR count). The van der Waals surface area contributed by atoms with Crippen molar-refractivity contribution in [2.75, 3.05) is 0 Å². The third-order valence-corrected chi connectivity index (χ3v) is 2.86. The lowest BCUT2D eigenvalue weighted by Gasteiger charge is -2.19. The molecule has 0 N–H and O–H groups in total. The van der Waals surface area contributed by atoms with Crippen LogP contribution in [0.25, 0.3) is 6.08 Å². The molecule has 1 aromatic rings. The molecule has 0 atom stereocenters. The first-order valence-corrected chi connectivity index (χ1v) is 8.30. The van der Waals surface area contributed by atoms with Gasteiger partial charge in [0.15, 0.2) is 0 Å². The molecule has 0 aliphatic heterocycles. The van der Waals surface area contributed by atoms with E-state index >= 15 is 0 Å². The summed E-state index contributed by atoms with van der Waals surface area (Å²) in [6, 6.07) is 8.35. The second-order valence-corrected chi connectivity index (χ2v) is 8.96. The van der Waals surface area contributed by atoms with Gasteiger partial charge in [0.2, 0.25) is 8.32 Å². The topological polar surface area (TPSA) is 9.23 Å². The zero-order chi connectivity index (χ0) is 10.2. The van der Waals surface area contributed by atoms with E-state index in [-0.39, 0.29) is 0 Å². The van der Waals surface area contributed by atoms with Gasteiger partial charge in [0.05, 0.1) is 12.2 Å². The fourth-order valence-corrected chi connectivity index (χ4v) is 2.36. The van der Waals surface area contributed by atoms with E-state index in [1.54, 1.807) is 0 Å². The zero-order valence-corrected chi connectivity index (χ0v) is 9.87. The number of rotatable bonds is 2. The van der Waals surface area contributed by atoms with Crippen LogP contribution in [0, 0.1) is 6.42 Å². The van der Waals surface area contributed by atoms with Gasteiger partial charge in [-0.25, -0.2) is 0 Å². The molecule has 2 heteroatoms. The maximum absolute atomic E-state index is 5.93. The Balaban J connectivity index is 2.16. The van der Waals surface area contributed by atoms with Gasteiger partial charge in [-0.1, -0.05) is 24.3 Å². The molecule has 0 saturated heterocycles.